The van der Waals surface area contributed by atoms with E-state index in [4.69, 9.17) is 9.40 Å². The molecule has 1 aliphatic rings. The fourth-order valence-electron chi connectivity index (χ4n) is 3.78. The maximum absolute atomic E-state index is 12.0. The summed E-state index contributed by atoms with van der Waals surface area (Å²) in [7, 11) is 3.40. The number of nitrogens with zero attached hydrogens (tertiary/aromatic N) is 3. The molecule has 1 fully saturated rings. The summed E-state index contributed by atoms with van der Waals surface area (Å²) in [6.07, 6.45) is 0.344. The number of rotatable bonds is 5. The van der Waals surface area contributed by atoms with Crippen LogP contribution >= 0.6 is 0 Å². The molecule has 3 heterocycles. The zero-order valence-electron chi connectivity index (χ0n) is 16.2. The number of hydrogen-bond donors (Lipinski definition) is 1. The standard InChI is InChI=1S/C22H25N3O3/c1-24(2)22(27)21-10-9-18(28-21)13-25-12-16(20(26)14-25)11-17-8-7-15-5-3-4-6-19(15)23-17/h3-10,16,20,26H,11-14H2,1-2H3/t16-,20-/m1/s1. The number of aromatic nitrogens is 1. The summed E-state index contributed by atoms with van der Waals surface area (Å²) in [5.41, 5.74) is 1.99. The van der Waals surface area contributed by atoms with Crippen molar-refractivity contribution in [3.63, 3.8) is 0 Å². The monoisotopic (exact) mass is 379 g/mol. The summed E-state index contributed by atoms with van der Waals surface area (Å²) >= 11 is 0. The summed E-state index contributed by atoms with van der Waals surface area (Å²) in [6, 6.07) is 15.7. The van der Waals surface area contributed by atoms with Gasteiger partial charge in [0.15, 0.2) is 5.76 Å². The molecule has 0 bridgehead atoms. The van der Waals surface area contributed by atoms with E-state index in [0.717, 1.165) is 35.3 Å². The molecule has 3 aromatic rings. The number of benzene rings is 1. The summed E-state index contributed by atoms with van der Waals surface area (Å²) in [4.78, 5) is 20.4. The number of furan rings is 1. The Bertz CT molecular complexity index is 982. The van der Waals surface area contributed by atoms with Gasteiger partial charge in [0.05, 0.1) is 18.2 Å². The molecule has 6 nitrogen and oxygen atoms in total. The average Bonchev–Trinajstić information content (AvgIpc) is 3.28. The number of para-hydroxylation sites is 1. The third-order valence-corrected chi connectivity index (χ3v) is 5.27. The van der Waals surface area contributed by atoms with Crippen LogP contribution in [-0.4, -0.2) is 59.1 Å². The first-order valence-electron chi connectivity index (χ1n) is 9.55. The second-order valence-corrected chi connectivity index (χ2v) is 7.69. The maximum Gasteiger partial charge on any atom is 0.289 e. The van der Waals surface area contributed by atoms with Crippen LogP contribution in [0.5, 0.6) is 0 Å². The number of carbonyl (C=O) groups is 1. The third-order valence-electron chi connectivity index (χ3n) is 5.27. The zero-order valence-corrected chi connectivity index (χ0v) is 16.2. The Kier molecular flexibility index (Phi) is 5.15. The van der Waals surface area contributed by atoms with Gasteiger partial charge < -0.3 is 14.4 Å². The highest BCUT2D eigenvalue weighted by Gasteiger charge is 2.32. The molecule has 1 aliphatic heterocycles. The van der Waals surface area contributed by atoms with E-state index in [1.807, 2.05) is 30.3 Å². The molecule has 1 saturated heterocycles. The summed E-state index contributed by atoms with van der Waals surface area (Å²) in [5, 5.41) is 11.6. The maximum atomic E-state index is 12.0. The Hall–Kier alpha value is -2.70. The van der Waals surface area contributed by atoms with Gasteiger partial charge in [0.25, 0.3) is 5.91 Å². The lowest BCUT2D eigenvalue weighted by Gasteiger charge is -2.14. The number of carbonyl (C=O) groups excluding carboxylic acids is 1. The minimum absolute atomic E-state index is 0.131. The first kappa shape index (κ1) is 18.7. The first-order valence-corrected chi connectivity index (χ1v) is 9.55. The molecule has 28 heavy (non-hydrogen) atoms. The van der Waals surface area contributed by atoms with Crippen LogP contribution in [0.1, 0.15) is 22.0 Å². The van der Waals surface area contributed by atoms with Crippen molar-refractivity contribution in [3.05, 3.63) is 65.7 Å². The molecular weight excluding hydrogens is 354 g/mol. The summed E-state index contributed by atoms with van der Waals surface area (Å²) < 4.78 is 5.68. The van der Waals surface area contributed by atoms with Gasteiger partial charge in [-0.15, -0.1) is 0 Å². The van der Waals surface area contributed by atoms with Crippen LogP contribution in [0.3, 0.4) is 0 Å². The first-order chi connectivity index (χ1) is 13.5. The molecule has 0 saturated carbocycles. The van der Waals surface area contributed by atoms with E-state index in [-0.39, 0.29) is 11.8 Å². The molecule has 0 unspecified atom stereocenters. The van der Waals surface area contributed by atoms with Crippen molar-refractivity contribution in [1.82, 2.24) is 14.8 Å². The predicted molar refractivity (Wildman–Crippen MR) is 107 cm³/mol. The normalized spacial score (nSPS) is 20.0. The highest BCUT2D eigenvalue weighted by molar-refractivity contribution is 5.91. The summed E-state index contributed by atoms with van der Waals surface area (Å²) in [6.45, 7) is 1.95. The molecule has 2 atom stereocenters. The number of β-amino-alcohol motifs (C(OH)–C–C–N with tert-alkyl or cyclic N) is 1. The Balaban J connectivity index is 1.39. The number of pyridine rings is 1. The number of fused-ring (bicyclic) bond motifs is 1. The predicted octanol–water partition coefficient (Wildman–Crippen LogP) is 2.57. The van der Waals surface area contributed by atoms with E-state index in [1.54, 1.807) is 20.2 Å². The van der Waals surface area contributed by atoms with Gasteiger partial charge in [-0.3, -0.25) is 14.7 Å². The molecule has 0 aliphatic carbocycles. The van der Waals surface area contributed by atoms with Gasteiger partial charge in [-0.25, -0.2) is 0 Å². The van der Waals surface area contributed by atoms with Crippen LogP contribution in [0.25, 0.3) is 10.9 Å². The van der Waals surface area contributed by atoms with Crippen molar-refractivity contribution < 1.29 is 14.3 Å². The highest BCUT2D eigenvalue weighted by atomic mass is 16.4. The number of aliphatic hydroxyl groups is 1. The Labute approximate surface area is 164 Å². The zero-order chi connectivity index (χ0) is 19.7. The molecular formula is C22H25N3O3. The molecule has 1 N–H and O–H groups in total. The smallest absolute Gasteiger partial charge is 0.289 e. The quantitative estimate of drug-likeness (QED) is 0.738. The number of aliphatic hydroxyl groups excluding tert-OH is 1. The average molecular weight is 379 g/mol. The lowest BCUT2D eigenvalue weighted by molar-refractivity contribution is 0.0792. The van der Waals surface area contributed by atoms with Crippen LogP contribution in [0.4, 0.5) is 0 Å². The number of likely N-dealkylation sites (tertiary alicyclic amines) is 1. The number of hydrogen-bond acceptors (Lipinski definition) is 5. The minimum atomic E-state index is -0.397. The van der Waals surface area contributed by atoms with Crippen LogP contribution in [0, 0.1) is 5.92 Å². The van der Waals surface area contributed by atoms with Crippen molar-refractivity contribution in [2.45, 2.75) is 19.1 Å². The van der Waals surface area contributed by atoms with Crippen LogP contribution in [0.2, 0.25) is 0 Å². The second kappa shape index (κ2) is 7.73. The largest absolute Gasteiger partial charge is 0.455 e. The van der Waals surface area contributed by atoms with Crippen molar-refractivity contribution in [3.8, 4) is 0 Å². The van der Waals surface area contributed by atoms with Crippen LogP contribution < -0.4 is 0 Å². The Morgan fingerprint density at radius 1 is 1.18 bits per heavy atom. The Morgan fingerprint density at radius 3 is 2.82 bits per heavy atom. The number of amides is 1. The third kappa shape index (κ3) is 3.93. The van der Waals surface area contributed by atoms with E-state index < -0.39 is 6.10 Å². The Morgan fingerprint density at radius 2 is 2.00 bits per heavy atom. The molecule has 0 spiro atoms. The van der Waals surface area contributed by atoms with Gasteiger partial charge in [-0.05, 0) is 30.7 Å². The van der Waals surface area contributed by atoms with Crippen molar-refractivity contribution in [1.29, 1.82) is 0 Å². The van der Waals surface area contributed by atoms with Gasteiger partial charge >= 0.3 is 0 Å². The van der Waals surface area contributed by atoms with Gasteiger partial charge in [0.1, 0.15) is 5.76 Å². The van der Waals surface area contributed by atoms with Gasteiger partial charge in [-0.1, -0.05) is 24.3 Å². The SMILES string of the molecule is CN(C)C(=O)c1ccc(CN2C[C@@H](Cc3ccc4ccccc4n3)[C@H](O)C2)o1. The van der Waals surface area contributed by atoms with E-state index in [2.05, 4.69) is 17.0 Å². The topological polar surface area (TPSA) is 69.8 Å². The highest BCUT2D eigenvalue weighted by Crippen LogP contribution is 2.24. The molecule has 1 aromatic carbocycles. The van der Waals surface area contributed by atoms with Gasteiger partial charge in [0, 0.05) is 44.2 Å². The molecule has 0 radical (unpaired) electrons. The molecule has 146 valence electrons. The van der Waals surface area contributed by atoms with Crippen molar-refractivity contribution >= 4 is 16.8 Å². The minimum Gasteiger partial charge on any atom is -0.455 e. The molecule has 1 amide bonds. The molecule has 4 rings (SSSR count). The van der Waals surface area contributed by atoms with Crippen LogP contribution in [-0.2, 0) is 13.0 Å². The van der Waals surface area contributed by atoms with Gasteiger partial charge in [-0.2, -0.15) is 0 Å². The van der Waals surface area contributed by atoms with E-state index in [1.165, 1.54) is 4.90 Å². The fourth-order valence-corrected chi connectivity index (χ4v) is 3.78. The second-order valence-electron chi connectivity index (χ2n) is 7.69. The fraction of sp³-hybridized carbons (Fsp3) is 0.364. The molecule has 6 heteroatoms. The molecule has 2 aromatic heterocycles. The summed E-state index contributed by atoms with van der Waals surface area (Å²) in [5.74, 6) is 1.07. The van der Waals surface area contributed by atoms with Gasteiger partial charge in [0.2, 0.25) is 0 Å². The lowest BCUT2D eigenvalue weighted by Crippen LogP contribution is -2.22. The van der Waals surface area contributed by atoms with E-state index in [0.29, 0.717) is 18.8 Å². The lowest BCUT2D eigenvalue weighted by atomic mass is 9.99. The van der Waals surface area contributed by atoms with Crippen molar-refractivity contribution in [2.24, 2.45) is 5.92 Å². The van der Waals surface area contributed by atoms with E-state index >= 15 is 0 Å². The van der Waals surface area contributed by atoms with E-state index in [9.17, 15) is 9.90 Å². The van der Waals surface area contributed by atoms with Crippen LogP contribution in [0.15, 0.2) is 52.9 Å². The van der Waals surface area contributed by atoms with Crippen molar-refractivity contribution in [2.75, 3.05) is 27.2 Å².